The summed E-state index contributed by atoms with van der Waals surface area (Å²) in [7, 11) is 0. The van der Waals surface area contributed by atoms with Crippen molar-refractivity contribution >= 4 is 46.2 Å². The van der Waals surface area contributed by atoms with Crippen molar-refractivity contribution in [1.82, 2.24) is 10.4 Å². The van der Waals surface area contributed by atoms with Crippen molar-refractivity contribution in [2.75, 3.05) is 0 Å². The molecule has 0 saturated carbocycles. The van der Waals surface area contributed by atoms with E-state index in [4.69, 9.17) is 12.2 Å². The summed E-state index contributed by atoms with van der Waals surface area (Å²) in [4.78, 5) is 24.4. The van der Waals surface area contributed by atoms with Crippen molar-refractivity contribution in [2.45, 2.75) is 20.3 Å². The average molecular weight is 338 g/mol. The summed E-state index contributed by atoms with van der Waals surface area (Å²) in [6.07, 6.45) is 1.93. The molecule has 0 aromatic heterocycles. The molecular formula is C15H15FN2O2S2. The van der Waals surface area contributed by atoms with Crippen LogP contribution in [0, 0.1) is 11.7 Å². The molecule has 0 atom stereocenters. The van der Waals surface area contributed by atoms with Crippen LogP contribution in [0.5, 0.6) is 0 Å². The van der Waals surface area contributed by atoms with Gasteiger partial charge in [-0.2, -0.15) is 5.01 Å². The normalized spacial score (nSPS) is 16.7. The van der Waals surface area contributed by atoms with Crippen LogP contribution in [-0.4, -0.2) is 21.1 Å². The summed E-state index contributed by atoms with van der Waals surface area (Å²) in [6, 6.07) is 5.77. The summed E-state index contributed by atoms with van der Waals surface area (Å²) in [5.74, 6) is -0.787. The van der Waals surface area contributed by atoms with Gasteiger partial charge in [-0.3, -0.25) is 15.0 Å². The van der Waals surface area contributed by atoms with Gasteiger partial charge in [-0.05, 0) is 41.9 Å². The molecule has 1 aromatic rings. The number of hydrogen-bond acceptors (Lipinski definition) is 4. The highest BCUT2D eigenvalue weighted by molar-refractivity contribution is 8.26. The molecule has 2 amide bonds. The molecule has 1 aliphatic heterocycles. The fourth-order valence-electron chi connectivity index (χ4n) is 1.82. The Kier molecular flexibility index (Phi) is 5.31. The van der Waals surface area contributed by atoms with E-state index in [1.807, 2.05) is 13.8 Å². The monoisotopic (exact) mass is 338 g/mol. The van der Waals surface area contributed by atoms with Crippen LogP contribution in [0.1, 0.15) is 25.8 Å². The van der Waals surface area contributed by atoms with Gasteiger partial charge in [0.25, 0.3) is 5.91 Å². The second-order valence-corrected chi connectivity index (χ2v) is 6.88. The molecule has 1 aromatic carbocycles. The molecule has 116 valence electrons. The molecule has 2 rings (SSSR count). The van der Waals surface area contributed by atoms with Crippen molar-refractivity contribution in [3.8, 4) is 0 Å². The first-order valence-corrected chi connectivity index (χ1v) is 7.92. The highest BCUT2D eigenvalue weighted by Gasteiger charge is 2.33. The number of carbonyl (C=O) groups is 2. The third-order valence-corrected chi connectivity index (χ3v) is 4.09. The standard InChI is InChI=1S/C15H15FN2O2S2/c1-9(2)7-13(19)17-18-14(20)12(22-15(18)21)8-10-3-5-11(16)6-4-10/h3-6,8-9H,7H2,1-2H3,(H,17,19)/b12-8-. The lowest BCUT2D eigenvalue weighted by Gasteiger charge is -2.16. The van der Waals surface area contributed by atoms with Gasteiger partial charge in [0.1, 0.15) is 5.82 Å². The molecular weight excluding hydrogens is 323 g/mol. The van der Waals surface area contributed by atoms with E-state index in [-0.39, 0.29) is 27.9 Å². The van der Waals surface area contributed by atoms with Gasteiger partial charge in [0.2, 0.25) is 5.91 Å². The lowest BCUT2D eigenvalue weighted by molar-refractivity contribution is -0.133. The summed E-state index contributed by atoms with van der Waals surface area (Å²) >= 11 is 6.22. The molecule has 1 N–H and O–H groups in total. The predicted octanol–water partition coefficient (Wildman–Crippen LogP) is 3.10. The SMILES string of the molecule is CC(C)CC(=O)NN1C(=O)/C(=C/c2ccc(F)cc2)SC1=S. The Labute approximate surface area is 137 Å². The summed E-state index contributed by atoms with van der Waals surface area (Å²) in [5, 5.41) is 1.08. The van der Waals surface area contributed by atoms with E-state index in [9.17, 15) is 14.0 Å². The number of hydrogen-bond donors (Lipinski definition) is 1. The number of nitrogens with one attached hydrogen (secondary N) is 1. The minimum Gasteiger partial charge on any atom is -0.273 e. The van der Waals surface area contributed by atoms with Crippen molar-refractivity contribution in [1.29, 1.82) is 0 Å². The van der Waals surface area contributed by atoms with Crippen molar-refractivity contribution < 1.29 is 14.0 Å². The van der Waals surface area contributed by atoms with Crippen LogP contribution >= 0.6 is 24.0 Å². The number of carbonyl (C=O) groups excluding carboxylic acids is 2. The third kappa shape index (κ3) is 4.14. The van der Waals surface area contributed by atoms with E-state index in [0.29, 0.717) is 16.9 Å². The molecule has 1 saturated heterocycles. The van der Waals surface area contributed by atoms with Gasteiger partial charge in [0.05, 0.1) is 4.91 Å². The van der Waals surface area contributed by atoms with E-state index in [1.165, 1.54) is 12.1 Å². The minimum atomic E-state index is -0.378. The van der Waals surface area contributed by atoms with Crippen LogP contribution in [0.4, 0.5) is 4.39 Å². The van der Waals surface area contributed by atoms with E-state index in [0.717, 1.165) is 16.8 Å². The quantitative estimate of drug-likeness (QED) is 0.677. The van der Waals surface area contributed by atoms with E-state index >= 15 is 0 Å². The van der Waals surface area contributed by atoms with Crippen LogP contribution in [-0.2, 0) is 9.59 Å². The molecule has 22 heavy (non-hydrogen) atoms. The Bertz CT molecular complexity index is 641. The lowest BCUT2D eigenvalue weighted by Crippen LogP contribution is -2.45. The minimum absolute atomic E-state index is 0.188. The van der Waals surface area contributed by atoms with Crippen molar-refractivity contribution in [3.63, 3.8) is 0 Å². The number of nitrogens with zero attached hydrogens (tertiary/aromatic N) is 1. The maximum atomic E-state index is 12.9. The maximum Gasteiger partial charge on any atom is 0.285 e. The second-order valence-electron chi connectivity index (χ2n) is 5.20. The number of rotatable bonds is 4. The molecule has 0 bridgehead atoms. The number of hydrazine groups is 1. The molecule has 4 nitrogen and oxygen atoms in total. The van der Waals surface area contributed by atoms with Crippen molar-refractivity contribution in [3.05, 3.63) is 40.6 Å². The van der Waals surface area contributed by atoms with Gasteiger partial charge < -0.3 is 0 Å². The third-order valence-electron chi connectivity index (χ3n) is 2.79. The fraction of sp³-hybridized carbons (Fsp3) is 0.267. The molecule has 0 radical (unpaired) electrons. The first-order valence-electron chi connectivity index (χ1n) is 6.70. The van der Waals surface area contributed by atoms with Gasteiger partial charge in [-0.25, -0.2) is 4.39 Å². The highest BCUT2D eigenvalue weighted by atomic mass is 32.2. The van der Waals surface area contributed by atoms with Crippen LogP contribution in [0.15, 0.2) is 29.2 Å². The Morgan fingerprint density at radius 2 is 2.05 bits per heavy atom. The smallest absolute Gasteiger partial charge is 0.273 e. The van der Waals surface area contributed by atoms with Crippen LogP contribution in [0.25, 0.3) is 6.08 Å². The summed E-state index contributed by atoms with van der Waals surface area (Å²) in [6.45, 7) is 3.83. The maximum absolute atomic E-state index is 12.9. The topological polar surface area (TPSA) is 49.4 Å². The van der Waals surface area contributed by atoms with E-state index < -0.39 is 0 Å². The zero-order valence-electron chi connectivity index (χ0n) is 12.1. The van der Waals surface area contributed by atoms with Gasteiger partial charge in [-0.1, -0.05) is 37.7 Å². The van der Waals surface area contributed by atoms with Gasteiger partial charge in [0.15, 0.2) is 4.32 Å². The summed E-state index contributed by atoms with van der Waals surface area (Å²) in [5.41, 5.74) is 3.21. The van der Waals surface area contributed by atoms with Crippen molar-refractivity contribution in [2.24, 2.45) is 5.92 Å². The number of thioether (sulfide) groups is 1. The Hall–Kier alpha value is -1.73. The molecule has 0 aliphatic carbocycles. The molecule has 0 unspecified atom stereocenters. The second kappa shape index (κ2) is 7.02. The van der Waals surface area contributed by atoms with Gasteiger partial charge >= 0.3 is 0 Å². The first kappa shape index (κ1) is 16.6. The highest BCUT2D eigenvalue weighted by Crippen LogP contribution is 2.31. The zero-order valence-corrected chi connectivity index (χ0v) is 13.8. The van der Waals surface area contributed by atoms with E-state index in [2.05, 4.69) is 5.43 Å². The molecule has 7 heteroatoms. The largest absolute Gasteiger partial charge is 0.285 e. The fourth-order valence-corrected chi connectivity index (χ4v) is 3.00. The number of amides is 2. The van der Waals surface area contributed by atoms with Crippen LogP contribution in [0.2, 0.25) is 0 Å². The number of benzene rings is 1. The lowest BCUT2D eigenvalue weighted by atomic mass is 10.1. The average Bonchev–Trinajstić information content (AvgIpc) is 2.68. The molecule has 1 aliphatic rings. The molecule has 1 heterocycles. The predicted molar refractivity (Wildman–Crippen MR) is 89.0 cm³/mol. The Balaban J connectivity index is 2.11. The van der Waals surface area contributed by atoms with Gasteiger partial charge in [0, 0.05) is 6.42 Å². The van der Waals surface area contributed by atoms with Gasteiger partial charge in [-0.15, -0.1) is 0 Å². The van der Waals surface area contributed by atoms with Crippen LogP contribution < -0.4 is 5.43 Å². The zero-order chi connectivity index (χ0) is 16.3. The molecule has 1 fully saturated rings. The Morgan fingerprint density at radius 3 is 2.64 bits per heavy atom. The summed E-state index contributed by atoms with van der Waals surface area (Å²) < 4.78 is 13.2. The van der Waals surface area contributed by atoms with Crippen LogP contribution in [0.3, 0.4) is 0 Å². The first-order chi connectivity index (χ1) is 10.4. The van der Waals surface area contributed by atoms with E-state index in [1.54, 1.807) is 18.2 Å². The number of halogens is 1. The Morgan fingerprint density at radius 1 is 1.41 bits per heavy atom. The molecule has 0 spiro atoms. The number of thiocarbonyl (C=S) groups is 1.